The van der Waals surface area contributed by atoms with E-state index >= 15 is 0 Å². The van der Waals surface area contributed by atoms with Crippen molar-refractivity contribution in [3.05, 3.63) is 0 Å². The van der Waals surface area contributed by atoms with E-state index in [0.717, 1.165) is 45.2 Å². The zero-order chi connectivity index (χ0) is 15.1. The number of hydrogen-bond donors (Lipinski definition) is 2. The molecule has 5 nitrogen and oxygen atoms in total. The summed E-state index contributed by atoms with van der Waals surface area (Å²) in [6, 6.07) is 0.110. The second kappa shape index (κ2) is 8.72. The molecular weight excluding hydrogens is 306 g/mol. The van der Waals surface area contributed by atoms with Gasteiger partial charge in [0.15, 0.2) is 0 Å². The Bertz CT molecular complexity index is 397. The Hall–Kier alpha value is 0.180. The lowest BCUT2D eigenvalue weighted by Gasteiger charge is -2.35. The first-order chi connectivity index (χ1) is 10.1. The SMILES string of the molecule is CCCNCC1CCCCN1S(=O)(=O)NCC1CCCS1. The maximum atomic E-state index is 12.6. The van der Waals surface area contributed by atoms with E-state index in [1.807, 2.05) is 11.8 Å². The van der Waals surface area contributed by atoms with Gasteiger partial charge in [-0.05, 0) is 44.4 Å². The van der Waals surface area contributed by atoms with Crippen molar-refractivity contribution in [1.29, 1.82) is 0 Å². The van der Waals surface area contributed by atoms with Crippen LogP contribution in [0.25, 0.3) is 0 Å². The topological polar surface area (TPSA) is 61.4 Å². The van der Waals surface area contributed by atoms with Gasteiger partial charge in [0.25, 0.3) is 10.2 Å². The molecule has 2 aliphatic rings. The fourth-order valence-corrected chi connectivity index (χ4v) is 5.85. The van der Waals surface area contributed by atoms with Crippen molar-refractivity contribution in [1.82, 2.24) is 14.3 Å². The van der Waals surface area contributed by atoms with E-state index in [4.69, 9.17) is 0 Å². The lowest BCUT2D eigenvalue weighted by molar-refractivity contribution is 0.243. The molecule has 0 radical (unpaired) electrons. The van der Waals surface area contributed by atoms with Gasteiger partial charge in [0.05, 0.1) is 0 Å². The average molecular weight is 336 g/mol. The van der Waals surface area contributed by atoms with Crippen molar-refractivity contribution in [2.45, 2.75) is 56.7 Å². The summed E-state index contributed by atoms with van der Waals surface area (Å²) in [6.45, 7) is 5.09. The summed E-state index contributed by atoms with van der Waals surface area (Å²) in [5, 5.41) is 3.83. The summed E-state index contributed by atoms with van der Waals surface area (Å²) in [5.41, 5.74) is 0. The van der Waals surface area contributed by atoms with Gasteiger partial charge in [-0.25, -0.2) is 4.72 Å². The fourth-order valence-electron chi connectivity index (χ4n) is 3.03. The van der Waals surface area contributed by atoms with E-state index in [9.17, 15) is 8.42 Å². The molecule has 2 heterocycles. The molecule has 0 bridgehead atoms. The van der Waals surface area contributed by atoms with E-state index in [1.165, 1.54) is 12.2 Å². The van der Waals surface area contributed by atoms with Gasteiger partial charge < -0.3 is 5.32 Å². The molecule has 0 aromatic carbocycles. The van der Waals surface area contributed by atoms with Gasteiger partial charge in [-0.3, -0.25) is 0 Å². The Morgan fingerprint density at radius 3 is 2.76 bits per heavy atom. The Morgan fingerprint density at radius 2 is 2.05 bits per heavy atom. The van der Waals surface area contributed by atoms with Crippen molar-refractivity contribution in [3.8, 4) is 0 Å². The van der Waals surface area contributed by atoms with Crippen molar-refractivity contribution in [3.63, 3.8) is 0 Å². The highest BCUT2D eigenvalue weighted by atomic mass is 32.2. The predicted molar refractivity (Wildman–Crippen MR) is 89.9 cm³/mol. The van der Waals surface area contributed by atoms with Gasteiger partial charge in [0, 0.05) is 30.9 Å². The Balaban J connectivity index is 1.87. The average Bonchev–Trinajstić information content (AvgIpc) is 2.99. The molecule has 0 aromatic rings. The van der Waals surface area contributed by atoms with Crippen LogP contribution < -0.4 is 10.0 Å². The van der Waals surface area contributed by atoms with Crippen LogP contribution in [0.3, 0.4) is 0 Å². The van der Waals surface area contributed by atoms with Gasteiger partial charge in [0.1, 0.15) is 0 Å². The fraction of sp³-hybridized carbons (Fsp3) is 1.00. The van der Waals surface area contributed by atoms with Crippen LogP contribution in [0.2, 0.25) is 0 Å². The minimum Gasteiger partial charge on any atom is -0.315 e. The lowest BCUT2D eigenvalue weighted by Crippen LogP contribution is -2.53. The molecule has 2 rings (SSSR count). The highest BCUT2D eigenvalue weighted by Crippen LogP contribution is 2.26. The van der Waals surface area contributed by atoms with Gasteiger partial charge in [-0.2, -0.15) is 24.5 Å². The minimum atomic E-state index is -3.33. The minimum absolute atomic E-state index is 0.110. The summed E-state index contributed by atoms with van der Waals surface area (Å²) in [4.78, 5) is 0. The van der Waals surface area contributed by atoms with Crippen molar-refractivity contribution in [2.75, 3.05) is 31.9 Å². The summed E-state index contributed by atoms with van der Waals surface area (Å²) in [7, 11) is -3.33. The van der Waals surface area contributed by atoms with Crippen molar-refractivity contribution in [2.24, 2.45) is 0 Å². The van der Waals surface area contributed by atoms with Gasteiger partial charge in [-0.1, -0.05) is 13.3 Å². The van der Waals surface area contributed by atoms with Crippen LogP contribution in [0.5, 0.6) is 0 Å². The second-order valence-corrected chi connectivity index (χ2v) is 9.07. The molecule has 0 aromatic heterocycles. The first kappa shape index (κ1) is 17.5. The van der Waals surface area contributed by atoms with E-state index in [2.05, 4.69) is 17.0 Å². The first-order valence-corrected chi connectivity index (χ1v) is 10.7. The predicted octanol–water partition coefficient (Wildman–Crippen LogP) is 1.57. The Morgan fingerprint density at radius 1 is 1.19 bits per heavy atom. The van der Waals surface area contributed by atoms with E-state index in [0.29, 0.717) is 18.3 Å². The highest BCUT2D eigenvalue weighted by Gasteiger charge is 2.32. The third-order valence-electron chi connectivity index (χ3n) is 4.21. The number of piperidine rings is 1. The number of rotatable bonds is 8. The van der Waals surface area contributed by atoms with Crippen LogP contribution in [-0.4, -0.2) is 55.9 Å². The molecule has 2 saturated heterocycles. The Labute approximate surface area is 133 Å². The molecular formula is C14H29N3O2S2. The number of thioether (sulfide) groups is 1. The molecule has 124 valence electrons. The zero-order valence-corrected chi connectivity index (χ0v) is 14.6. The monoisotopic (exact) mass is 335 g/mol. The second-order valence-electron chi connectivity index (χ2n) is 5.95. The van der Waals surface area contributed by atoms with Crippen LogP contribution in [0.4, 0.5) is 0 Å². The molecule has 2 fully saturated rings. The first-order valence-electron chi connectivity index (χ1n) is 8.22. The molecule has 7 heteroatoms. The number of nitrogens with zero attached hydrogens (tertiary/aromatic N) is 1. The van der Waals surface area contributed by atoms with Crippen LogP contribution >= 0.6 is 11.8 Å². The Kier molecular flexibility index (Phi) is 7.28. The van der Waals surface area contributed by atoms with E-state index < -0.39 is 10.2 Å². The third kappa shape index (κ3) is 5.39. The number of hydrogen-bond acceptors (Lipinski definition) is 4. The van der Waals surface area contributed by atoms with Gasteiger partial charge in [0.2, 0.25) is 0 Å². The van der Waals surface area contributed by atoms with E-state index in [-0.39, 0.29) is 6.04 Å². The van der Waals surface area contributed by atoms with Gasteiger partial charge in [-0.15, -0.1) is 0 Å². The molecule has 2 N–H and O–H groups in total. The molecule has 0 amide bonds. The van der Waals surface area contributed by atoms with Crippen LogP contribution in [0.1, 0.15) is 45.4 Å². The molecule has 0 spiro atoms. The smallest absolute Gasteiger partial charge is 0.279 e. The van der Waals surface area contributed by atoms with Crippen LogP contribution in [0.15, 0.2) is 0 Å². The van der Waals surface area contributed by atoms with Crippen LogP contribution in [0, 0.1) is 0 Å². The largest absolute Gasteiger partial charge is 0.315 e. The molecule has 2 atom stereocenters. The molecule has 2 aliphatic heterocycles. The quantitative estimate of drug-likeness (QED) is 0.661. The maximum absolute atomic E-state index is 12.6. The van der Waals surface area contributed by atoms with Gasteiger partial charge >= 0.3 is 0 Å². The number of nitrogens with one attached hydrogen (secondary N) is 2. The van der Waals surface area contributed by atoms with Crippen molar-refractivity contribution < 1.29 is 8.42 Å². The van der Waals surface area contributed by atoms with Crippen molar-refractivity contribution >= 4 is 22.0 Å². The zero-order valence-electron chi connectivity index (χ0n) is 13.0. The third-order valence-corrected chi connectivity index (χ3v) is 7.23. The summed E-state index contributed by atoms with van der Waals surface area (Å²) < 4.78 is 29.7. The maximum Gasteiger partial charge on any atom is 0.279 e. The summed E-state index contributed by atoms with van der Waals surface area (Å²) in [6.07, 6.45) is 6.50. The normalized spacial score (nSPS) is 28.0. The summed E-state index contributed by atoms with van der Waals surface area (Å²) in [5.74, 6) is 1.17. The highest BCUT2D eigenvalue weighted by molar-refractivity contribution is 8.00. The summed E-state index contributed by atoms with van der Waals surface area (Å²) >= 11 is 1.89. The molecule has 0 saturated carbocycles. The standard InChI is InChI=1S/C14H29N3O2S2/c1-2-8-15-11-13-6-3-4-9-17(13)21(18,19)16-12-14-7-5-10-20-14/h13-16H,2-12H2,1H3. The van der Waals surface area contributed by atoms with Crippen LogP contribution in [-0.2, 0) is 10.2 Å². The molecule has 2 unspecified atom stereocenters. The lowest BCUT2D eigenvalue weighted by atomic mass is 10.1. The van der Waals surface area contributed by atoms with E-state index in [1.54, 1.807) is 4.31 Å². The molecule has 0 aliphatic carbocycles. The molecule has 21 heavy (non-hydrogen) atoms.